The SMILES string of the molecule is O=C(O)C1CCC(C(=O)N(Cc2ccc(F)cc2)CC2CC2)CC1. The Bertz CT molecular complexity index is 589. The minimum absolute atomic E-state index is 0.0696. The number of halogens is 1. The van der Waals surface area contributed by atoms with Crippen LogP contribution in [-0.4, -0.2) is 28.4 Å². The lowest BCUT2D eigenvalue weighted by molar-refractivity contribution is -0.146. The second-order valence-corrected chi connectivity index (χ2v) is 7.18. The predicted molar refractivity (Wildman–Crippen MR) is 87.6 cm³/mol. The molecular weight excluding hydrogens is 309 g/mol. The molecule has 0 radical (unpaired) electrons. The molecule has 0 aromatic heterocycles. The molecule has 0 unspecified atom stereocenters. The van der Waals surface area contributed by atoms with Gasteiger partial charge >= 0.3 is 5.97 Å². The van der Waals surface area contributed by atoms with Crippen LogP contribution in [0.3, 0.4) is 0 Å². The normalized spacial score (nSPS) is 23.7. The first-order valence-corrected chi connectivity index (χ1v) is 8.79. The van der Waals surface area contributed by atoms with E-state index in [1.54, 1.807) is 12.1 Å². The first-order chi connectivity index (χ1) is 11.5. The van der Waals surface area contributed by atoms with Crippen molar-refractivity contribution in [1.82, 2.24) is 4.90 Å². The van der Waals surface area contributed by atoms with E-state index in [2.05, 4.69) is 0 Å². The average molecular weight is 333 g/mol. The number of carboxylic acid groups (broad SMARTS) is 1. The lowest BCUT2D eigenvalue weighted by Gasteiger charge is -2.31. The summed E-state index contributed by atoms with van der Waals surface area (Å²) >= 11 is 0. The fourth-order valence-corrected chi connectivity index (χ4v) is 3.50. The van der Waals surface area contributed by atoms with Gasteiger partial charge in [-0.1, -0.05) is 12.1 Å². The van der Waals surface area contributed by atoms with Crippen LogP contribution in [0.5, 0.6) is 0 Å². The van der Waals surface area contributed by atoms with E-state index in [0.717, 1.165) is 12.1 Å². The molecule has 1 aromatic rings. The Labute approximate surface area is 141 Å². The summed E-state index contributed by atoms with van der Waals surface area (Å²) < 4.78 is 13.1. The van der Waals surface area contributed by atoms with E-state index in [0.29, 0.717) is 38.1 Å². The van der Waals surface area contributed by atoms with Crippen LogP contribution < -0.4 is 0 Å². The van der Waals surface area contributed by atoms with E-state index in [9.17, 15) is 14.0 Å². The van der Waals surface area contributed by atoms with Gasteiger partial charge in [-0.3, -0.25) is 9.59 Å². The van der Waals surface area contributed by atoms with Gasteiger partial charge in [0, 0.05) is 19.0 Å². The second-order valence-electron chi connectivity index (χ2n) is 7.18. The van der Waals surface area contributed by atoms with E-state index >= 15 is 0 Å². The molecule has 130 valence electrons. The van der Waals surface area contributed by atoms with Gasteiger partial charge < -0.3 is 10.0 Å². The Hall–Kier alpha value is -1.91. The van der Waals surface area contributed by atoms with Gasteiger partial charge in [0.05, 0.1) is 5.92 Å². The number of aliphatic carboxylic acids is 1. The highest BCUT2D eigenvalue weighted by Crippen LogP contribution is 2.34. The van der Waals surface area contributed by atoms with E-state index in [-0.39, 0.29) is 23.6 Å². The summed E-state index contributed by atoms with van der Waals surface area (Å²) in [6.07, 6.45) is 4.80. The van der Waals surface area contributed by atoms with Crippen LogP contribution in [0.4, 0.5) is 4.39 Å². The molecule has 0 atom stereocenters. The fourth-order valence-electron chi connectivity index (χ4n) is 3.50. The summed E-state index contributed by atoms with van der Waals surface area (Å²) in [4.78, 5) is 25.9. The molecule has 1 N–H and O–H groups in total. The monoisotopic (exact) mass is 333 g/mol. The van der Waals surface area contributed by atoms with Gasteiger partial charge in [0.25, 0.3) is 0 Å². The van der Waals surface area contributed by atoms with Gasteiger partial charge in [-0.05, 0) is 62.1 Å². The third-order valence-corrected chi connectivity index (χ3v) is 5.20. The summed E-state index contributed by atoms with van der Waals surface area (Å²) in [5.74, 6) is -0.671. The highest BCUT2D eigenvalue weighted by Gasteiger charge is 2.34. The molecule has 0 saturated heterocycles. The smallest absolute Gasteiger partial charge is 0.306 e. The summed E-state index contributed by atoms with van der Waals surface area (Å²) in [6.45, 7) is 1.27. The van der Waals surface area contributed by atoms with Crippen LogP contribution in [0.25, 0.3) is 0 Å². The molecule has 2 aliphatic carbocycles. The summed E-state index contributed by atoms with van der Waals surface area (Å²) in [7, 11) is 0. The Balaban J connectivity index is 1.63. The maximum atomic E-state index is 13.1. The van der Waals surface area contributed by atoms with Crippen molar-refractivity contribution in [2.24, 2.45) is 17.8 Å². The lowest BCUT2D eigenvalue weighted by Crippen LogP contribution is -2.39. The number of carboxylic acids is 1. The van der Waals surface area contributed by atoms with Crippen molar-refractivity contribution >= 4 is 11.9 Å². The quantitative estimate of drug-likeness (QED) is 0.867. The molecule has 2 saturated carbocycles. The van der Waals surface area contributed by atoms with E-state index < -0.39 is 5.97 Å². The molecule has 5 heteroatoms. The fraction of sp³-hybridized carbons (Fsp3) is 0.579. The van der Waals surface area contributed by atoms with Crippen molar-refractivity contribution in [3.05, 3.63) is 35.6 Å². The number of amides is 1. The van der Waals surface area contributed by atoms with Crippen LogP contribution in [-0.2, 0) is 16.1 Å². The van der Waals surface area contributed by atoms with Gasteiger partial charge in [0.15, 0.2) is 0 Å². The molecule has 0 spiro atoms. The zero-order valence-electron chi connectivity index (χ0n) is 13.8. The maximum Gasteiger partial charge on any atom is 0.306 e. The zero-order valence-corrected chi connectivity index (χ0v) is 13.8. The second kappa shape index (κ2) is 7.32. The first kappa shape index (κ1) is 16.9. The van der Waals surface area contributed by atoms with Gasteiger partial charge in [-0.2, -0.15) is 0 Å². The number of carbonyl (C=O) groups excluding carboxylic acids is 1. The van der Waals surface area contributed by atoms with Crippen LogP contribution >= 0.6 is 0 Å². The standard InChI is InChI=1S/C19H24FNO3/c20-17-9-3-14(4-10-17)12-21(11-13-1-2-13)18(22)15-5-7-16(8-6-15)19(23)24/h3-4,9-10,13,15-16H,1-2,5-8,11-12H2,(H,23,24). The summed E-state index contributed by atoms with van der Waals surface area (Å²) in [6, 6.07) is 6.30. The van der Waals surface area contributed by atoms with Crippen LogP contribution in [0.1, 0.15) is 44.1 Å². The average Bonchev–Trinajstić information content (AvgIpc) is 3.40. The predicted octanol–water partition coefficient (Wildman–Crippen LogP) is 3.46. The van der Waals surface area contributed by atoms with E-state index in [1.165, 1.54) is 25.0 Å². The number of rotatable bonds is 6. The van der Waals surface area contributed by atoms with Gasteiger partial charge in [-0.25, -0.2) is 4.39 Å². The highest BCUT2D eigenvalue weighted by molar-refractivity contribution is 5.79. The largest absolute Gasteiger partial charge is 0.481 e. The number of benzene rings is 1. The van der Waals surface area contributed by atoms with Crippen molar-refractivity contribution in [2.75, 3.05) is 6.54 Å². The van der Waals surface area contributed by atoms with Crippen molar-refractivity contribution in [2.45, 2.75) is 45.1 Å². The summed E-state index contributed by atoms with van der Waals surface area (Å²) in [5.41, 5.74) is 0.935. The Morgan fingerprint density at radius 1 is 1.00 bits per heavy atom. The number of hydrogen-bond acceptors (Lipinski definition) is 2. The zero-order chi connectivity index (χ0) is 17.1. The number of carbonyl (C=O) groups is 2. The van der Waals surface area contributed by atoms with Gasteiger partial charge in [-0.15, -0.1) is 0 Å². The molecule has 0 heterocycles. The van der Waals surface area contributed by atoms with Gasteiger partial charge in [0.2, 0.25) is 5.91 Å². The molecule has 0 bridgehead atoms. The Morgan fingerprint density at radius 3 is 2.12 bits per heavy atom. The first-order valence-electron chi connectivity index (χ1n) is 8.79. The van der Waals surface area contributed by atoms with Crippen molar-refractivity contribution < 1.29 is 19.1 Å². The molecule has 2 aliphatic rings. The van der Waals surface area contributed by atoms with Crippen LogP contribution in [0.15, 0.2) is 24.3 Å². The molecule has 24 heavy (non-hydrogen) atoms. The number of nitrogens with zero attached hydrogens (tertiary/aromatic N) is 1. The molecule has 1 amide bonds. The lowest BCUT2D eigenvalue weighted by atomic mass is 9.81. The minimum atomic E-state index is -0.748. The van der Waals surface area contributed by atoms with Crippen molar-refractivity contribution in [3.8, 4) is 0 Å². The minimum Gasteiger partial charge on any atom is -0.481 e. The maximum absolute atomic E-state index is 13.1. The third kappa shape index (κ3) is 4.34. The Kier molecular flexibility index (Phi) is 5.17. The Morgan fingerprint density at radius 2 is 1.58 bits per heavy atom. The summed E-state index contributed by atoms with van der Waals surface area (Å²) in [5, 5.41) is 9.09. The van der Waals surface area contributed by atoms with Crippen molar-refractivity contribution in [3.63, 3.8) is 0 Å². The van der Waals surface area contributed by atoms with Crippen LogP contribution in [0, 0.1) is 23.6 Å². The molecule has 2 fully saturated rings. The van der Waals surface area contributed by atoms with Crippen molar-refractivity contribution in [1.29, 1.82) is 0 Å². The van der Waals surface area contributed by atoms with Crippen LogP contribution in [0.2, 0.25) is 0 Å². The van der Waals surface area contributed by atoms with E-state index in [4.69, 9.17) is 5.11 Å². The van der Waals surface area contributed by atoms with E-state index in [1.807, 2.05) is 4.90 Å². The molecule has 3 rings (SSSR count). The van der Waals surface area contributed by atoms with Gasteiger partial charge in [0.1, 0.15) is 5.82 Å². The third-order valence-electron chi connectivity index (χ3n) is 5.20. The number of hydrogen-bond donors (Lipinski definition) is 1. The molecule has 4 nitrogen and oxygen atoms in total. The molecule has 0 aliphatic heterocycles. The molecular formula is C19H24FNO3. The molecule has 1 aromatic carbocycles. The topological polar surface area (TPSA) is 57.6 Å². The highest BCUT2D eigenvalue weighted by atomic mass is 19.1.